The summed E-state index contributed by atoms with van der Waals surface area (Å²) in [6.45, 7) is 5.59. The van der Waals surface area contributed by atoms with Gasteiger partial charge in [-0.25, -0.2) is 4.98 Å². The van der Waals surface area contributed by atoms with E-state index in [1.54, 1.807) is 18.6 Å². The minimum atomic E-state index is 0.0222. The Balaban J connectivity index is 1.96. The lowest BCUT2D eigenvalue weighted by Gasteiger charge is -2.39. The summed E-state index contributed by atoms with van der Waals surface area (Å²) < 4.78 is 0. The summed E-state index contributed by atoms with van der Waals surface area (Å²) in [5, 5.41) is 12.1. The summed E-state index contributed by atoms with van der Waals surface area (Å²) in [7, 11) is 0. The zero-order valence-corrected chi connectivity index (χ0v) is 11.8. The molecule has 7 nitrogen and oxygen atoms in total. The molecule has 0 bridgehead atoms. The maximum absolute atomic E-state index is 8.90. The van der Waals surface area contributed by atoms with Crippen molar-refractivity contribution in [2.24, 2.45) is 10.9 Å². The fourth-order valence-corrected chi connectivity index (χ4v) is 2.57. The third kappa shape index (κ3) is 3.36. The molecule has 1 unspecified atom stereocenters. The van der Waals surface area contributed by atoms with Crippen molar-refractivity contribution in [3.63, 3.8) is 0 Å². The van der Waals surface area contributed by atoms with Crippen LogP contribution in [0.3, 0.4) is 0 Å². The van der Waals surface area contributed by atoms with Crippen molar-refractivity contribution in [3.8, 4) is 0 Å². The van der Waals surface area contributed by atoms with Crippen LogP contribution in [0.15, 0.2) is 23.7 Å². The van der Waals surface area contributed by atoms with Crippen LogP contribution in [0, 0.1) is 0 Å². The van der Waals surface area contributed by atoms with Crippen LogP contribution in [0.25, 0.3) is 0 Å². The normalized spacial score (nSPS) is 19.1. The molecule has 1 aliphatic rings. The Morgan fingerprint density at radius 1 is 1.40 bits per heavy atom. The monoisotopic (exact) mass is 278 g/mol. The molecule has 0 saturated carbocycles. The number of piperazine rings is 1. The average Bonchev–Trinajstić information content (AvgIpc) is 2.53. The van der Waals surface area contributed by atoms with Gasteiger partial charge < -0.3 is 15.8 Å². The molecule has 0 radical (unpaired) electrons. The number of rotatable bonds is 5. The molecule has 1 aromatic heterocycles. The second-order valence-corrected chi connectivity index (χ2v) is 4.92. The molecule has 1 saturated heterocycles. The van der Waals surface area contributed by atoms with Crippen LogP contribution < -0.4 is 10.6 Å². The number of anilines is 1. The molecule has 3 N–H and O–H groups in total. The Kier molecular flexibility index (Phi) is 5.11. The van der Waals surface area contributed by atoms with Gasteiger partial charge in [0.1, 0.15) is 5.82 Å². The third-order valence-electron chi connectivity index (χ3n) is 3.65. The third-order valence-corrected chi connectivity index (χ3v) is 3.65. The highest BCUT2D eigenvalue weighted by atomic mass is 16.4. The van der Waals surface area contributed by atoms with Gasteiger partial charge in [0.25, 0.3) is 0 Å². The standard InChI is InChI=1S/C13H22N6O/c1-2-3-11(13(14)17-20)18-6-8-19(9-7-18)12-10-15-4-5-16-12/h4-5,10-11,20H,2-3,6-9H2,1H3,(H2,14,17). The number of nitrogens with zero attached hydrogens (tertiary/aromatic N) is 5. The van der Waals surface area contributed by atoms with Gasteiger partial charge >= 0.3 is 0 Å². The van der Waals surface area contributed by atoms with Crippen molar-refractivity contribution in [1.82, 2.24) is 14.9 Å². The number of aromatic nitrogens is 2. The maximum Gasteiger partial charge on any atom is 0.156 e. The summed E-state index contributed by atoms with van der Waals surface area (Å²) in [5.41, 5.74) is 5.80. The summed E-state index contributed by atoms with van der Waals surface area (Å²) >= 11 is 0. The van der Waals surface area contributed by atoms with E-state index < -0.39 is 0 Å². The van der Waals surface area contributed by atoms with Gasteiger partial charge in [-0.15, -0.1) is 0 Å². The summed E-state index contributed by atoms with van der Waals surface area (Å²) in [4.78, 5) is 12.9. The molecular weight excluding hydrogens is 256 g/mol. The first-order chi connectivity index (χ1) is 9.76. The van der Waals surface area contributed by atoms with Crippen LogP contribution in [0.5, 0.6) is 0 Å². The van der Waals surface area contributed by atoms with Gasteiger partial charge in [0, 0.05) is 38.6 Å². The Labute approximate surface area is 119 Å². The van der Waals surface area contributed by atoms with Gasteiger partial charge in [0.05, 0.1) is 12.2 Å². The molecule has 0 amide bonds. The van der Waals surface area contributed by atoms with Gasteiger partial charge in [-0.05, 0) is 6.42 Å². The zero-order chi connectivity index (χ0) is 14.4. The Hall–Kier alpha value is -1.89. The fourth-order valence-electron chi connectivity index (χ4n) is 2.57. The molecular formula is C13H22N6O. The number of amidine groups is 1. The second kappa shape index (κ2) is 7.04. The second-order valence-electron chi connectivity index (χ2n) is 4.92. The van der Waals surface area contributed by atoms with E-state index in [1.165, 1.54) is 0 Å². The van der Waals surface area contributed by atoms with Crippen molar-refractivity contribution >= 4 is 11.7 Å². The smallest absolute Gasteiger partial charge is 0.156 e. The van der Waals surface area contributed by atoms with E-state index in [0.29, 0.717) is 5.84 Å². The lowest BCUT2D eigenvalue weighted by atomic mass is 10.1. The molecule has 110 valence electrons. The molecule has 20 heavy (non-hydrogen) atoms. The average molecular weight is 278 g/mol. The summed E-state index contributed by atoms with van der Waals surface area (Å²) in [6.07, 6.45) is 7.07. The molecule has 0 aliphatic carbocycles. The van der Waals surface area contributed by atoms with E-state index in [2.05, 4.69) is 31.8 Å². The van der Waals surface area contributed by atoms with Gasteiger partial charge in [0.2, 0.25) is 0 Å². The number of nitrogens with two attached hydrogens (primary N) is 1. The molecule has 1 aromatic rings. The van der Waals surface area contributed by atoms with Crippen LogP contribution in [0.4, 0.5) is 5.82 Å². The number of hydrogen-bond donors (Lipinski definition) is 2. The molecule has 0 aromatic carbocycles. The molecule has 1 aliphatic heterocycles. The fraction of sp³-hybridized carbons (Fsp3) is 0.615. The lowest BCUT2D eigenvalue weighted by Crippen LogP contribution is -2.54. The molecule has 7 heteroatoms. The number of hydrogen-bond acceptors (Lipinski definition) is 6. The van der Waals surface area contributed by atoms with Crippen LogP contribution in [-0.4, -0.2) is 58.1 Å². The van der Waals surface area contributed by atoms with Crippen LogP contribution in [0.2, 0.25) is 0 Å². The van der Waals surface area contributed by atoms with Crippen LogP contribution >= 0.6 is 0 Å². The molecule has 2 rings (SSSR count). The number of oxime groups is 1. The first-order valence-corrected chi connectivity index (χ1v) is 6.98. The highest BCUT2D eigenvalue weighted by Gasteiger charge is 2.26. The Bertz CT molecular complexity index is 430. The maximum atomic E-state index is 8.90. The SMILES string of the molecule is CCCC(C(N)=NO)N1CCN(c2cnccn2)CC1. The topological polar surface area (TPSA) is 90.9 Å². The van der Waals surface area contributed by atoms with E-state index in [0.717, 1.165) is 44.8 Å². The lowest BCUT2D eigenvalue weighted by molar-refractivity contribution is 0.211. The van der Waals surface area contributed by atoms with Gasteiger partial charge in [0.15, 0.2) is 5.84 Å². The van der Waals surface area contributed by atoms with Crippen molar-refractivity contribution in [2.75, 3.05) is 31.1 Å². The van der Waals surface area contributed by atoms with Crippen LogP contribution in [-0.2, 0) is 0 Å². The summed E-state index contributed by atoms with van der Waals surface area (Å²) in [6, 6.07) is 0.0222. The van der Waals surface area contributed by atoms with Crippen molar-refractivity contribution < 1.29 is 5.21 Å². The first-order valence-electron chi connectivity index (χ1n) is 6.98. The molecule has 2 heterocycles. The molecule has 1 fully saturated rings. The largest absolute Gasteiger partial charge is 0.409 e. The Morgan fingerprint density at radius 3 is 2.70 bits per heavy atom. The highest BCUT2D eigenvalue weighted by molar-refractivity contribution is 5.85. The first kappa shape index (κ1) is 14.5. The zero-order valence-electron chi connectivity index (χ0n) is 11.8. The highest BCUT2D eigenvalue weighted by Crippen LogP contribution is 2.15. The van der Waals surface area contributed by atoms with E-state index in [4.69, 9.17) is 10.9 Å². The van der Waals surface area contributed by atoms with E-state index in [1.807, 2.05) is 0 Å². The predicted molar refractivity (Wildman–Crippen MR) is 77.9 cm³/mol. The van der Waals surface area contributed by atoms with Crippen molar-refractivity contribution in [2.45, 2.75) is 25.8 Å². The molecule has 0 spiro atoms. The molecule has 1 atom stereocenters. The predicted octanol–water partition coefficient (Wildman–Crippen LogP) is 0.514. The van der Waals surface area contributed by atoms with Crippen molar-refractivity contribution in [1.29, 1.82) is 0 Å². The van der Waals surface area contributed by atoms with E-state index in [-0.39, 0.29) is 6.04 Å². The summed E-state index contributed by atoms with van der Waals surface area (Å²) in [5.74, 6) is 1.21. The quantitative estimate of drug-likeness (QED) is 0.353. The van der Waals surface area contributed by atoms with E-state index in [9.17, 15) is 0 Å². The van der Waals surface area contributed by atoms with Gasteiger partial charge in [-0.3, -0.25) is 9.88 Å². The minimum Gasteiger partial charge on any atom is -0.409 e. The van der Waals surface area contributed by atoms with Gasteiger partial charge in [-0.1, -0.05) is 18.5 Å². The van der Waals surface area contributed by atoms with Crippen LogP contribution in [0.1, 0.15) is 19.8 Å². The minimum absolute atomic E-state index is 0.0222. The van der Waals surface area contributed by atoms with Crippen molar-refractivity contribution in [3.05, 3.63) is 18.6 Å². The van der Waals surface area contributed by atoms with Gasteiger partial charge in [-0.2, -0.15) is 0 Å². The Morgan fingerprint density at radius 2 is 2.15 bits per heavy atom. The van der Waals surface area contributed by atoms with E-state index >= 15 is 0 Å².